The maximum Gasteiger partial charge on any atom is 0.253 e. The van der Waals surface area contributed by atoms with Gasteiger partial charge in [0.25, 0.3) is 5.91 Å². The highest BCUT2D eigenvalue weighted by atomic mass is 16.2. The second kappa shape index (κ2) is 7.59. The highest BCUT2D eigenvalue weighted by molar-refractivity contribution is 5.98. The minimum Gasteiger partial charge on any atom is -0.361 e. The van der Waals surface area contributed by atoms with Crippen LogP contribution in [0, 0.1) is 0 Å². The summed E-state index contributed by atoms with van der Waals surface area (Å²) in [4.78, 5) is 18.3. The molecule has 5 heteroatoms. The summed E-state index contributed by atoms with van der Waals surface area (Å²) >= 11 is 0. The number of carbonyl (C=O) groups is 1. The van der Waals surface area contributed by atoms with E-state index in [-0.39, 0.29) is 5.91 Å². The predicted molar refractivity (Wildman–Crippen MR) is 114 cm³/mol. The van der Waals surface area contributed by atoms with Crippen LogP contribution < -0.4 is 0 Å². The maximum atomic E-state index is 13.1. The summed E-state index contributed by atoms with van der Waals surface area (Å²) < 4.78 is 0. The van der Waals surface area contributed by atoms with Gasteiger partial charge in [0, 0.05) is 48.4 Å². The number of hydrogen-bond acceptors (Lipinski definition) is 2. The van der Waals surface area contributed by atoms with Crippen molar-refractivity contribution in [1.82, 2.24) is 20.1 Å². The number of rotatable bonds is 4. The lowest BCUT2D eigenvalue weighted by molar-refractivity contribution is 0.0705. The van der Waals surface area contributed by atoms with E-state index < -0.39 is 0 Å². The summed E-state index contributed by atoms with van der Waals surface area (Å²) in [6.45, 7) is 1.53. The Kier molecular flexibility index (Phi) is 4.64. The first-order chi connectivity index (χ1) is 14.3. The molecule has 4 aromatic rings. The van der Waals surface area contributed by atoms with E-state index in [1.807, 2.05) is 47.6 Å². The van der Waals surface area contributed by atoms with Crippen LogP contribution in [-0.4, -0.2) is 39.1 Å². The molecule has 0 radical (unpaired) electrons. The molecule has 1 atom stereocenters. The number of piperidine rings is 1. The van der Waals surface area contributed by atoms with E-state index in [2.05, 4.69) is 39.4 Å². The van der Waals surface area contributed by atoms with Gasteiger partial charge in [-0.15, -0.1) is 0 Å². The normalized spacial score (nSPS) is 17.0. The standard InChI is InChI=1S/C24H24N4O/c29-24(19-9-8-18-10-11-25-22(18)14-19)28-12-4-7-20(16-28)23-21(15-26-27-23)13-17-5-2-1-3-6-17/h1-3,5-6,8-11,14-15,20,25H,4,7,12-13,16H2,(H,26,27)/t20-/m0/s1. The van der Waals surface area contributed by atoms with Gasteiger partial charge in [0.1, 0.15) is 0 Å². The third kappa shape index (κ3) is 3.56. The molecule has 0 spiro atoms. The fourth-order valence-corrected chi connectivity index (χ4v) is 4.39. The molecule has 1 saturated heterocycles. The topological polar surface area (TPSA) is 64.8 Å². The zero-order valence-electron chi connectivity index (χ0n) is 16.3. The van der Waals surface area contributed by atoms with E-state index in [0.29, 0.717) is 5.92 Å². The molecule has 146 valence electrons. The molecule has 0 aliphatic carbocycles. The van der Waals surface area contributed by atoms with Crippen LogP contribution >= 0.6 is 0 Å². The first-order valence-corrected chi connectivity index (χ1v) is 10.2. The van der Waals surface area contributed by atoms with Gasteiger partial charge in [-0.1, -0.05) is 36.4 Å². The number of H-pyrrole nitrogens is 2. The maximum absolute atomic E-state index is 13.1. The minimum atomic E-state index is 0.107. The third-order valence-electron chi connectivity index (χ3n) is 5.91. The first kappa shape index (κ1) is 17.7. The van der Waals surface area contributed by atoms with Crippen molar-refractivity contribution in [2.75, 3.05) is 13.1 Å². The van der Waals surface area contributed by atoms with Crippen LogP contribution in [0.4, 0.5) is 0 Å². The molecule has 0 unspecified atom stereocenters. The van der Waals surface area contributed by atoms with Crippen LogP contribution in [0.15, 0.2) is 67.0 Å². The van der Waals surface area contributed by atoms with Crippen molar-refractivity contribution in [3.63, 3.8) is 0 Å². The van der Waals surface area contributed by atoms with Crippen molar-refractivity contribution < 1.29 is 4.79 Å². The van der Waals surface area contributed by atoms with Gasteiger partial charge in [-0.3, -0.25) is 9.89 Å². The zero-order valence-corrected chi connectivity index (χ0v) is 16.3. The molecule has 5 rings (SSSR count). The number of likely N-dealkylation sites (tertiary alicyclic amines) is 1. The largest absolute Gasteiger partial charge is 0.361 e. The SMILES string of the molecule is O=C(c1ccc2cc[nH]c2c1)N1CCC[C@H](c2[nH]ncc2Cc2ccccc2)C1. The number of aromatic amines is 2. The number of carbonyl (C=O) groups excluding carboxylic acids is 1. The van der Waals surface area contributed by atoms with E-state index in [4.69, 9.17) is 0 Å². The lowest BCUT2D eigenvalue weighted by Crippen LogP contribution is -2.39. The Morgan fingerprint density at radius 3 is 2.93 bits per heavy atom. The van der Waals surface area contributed by atoms with Crippen LogP contribution in [0.25, 0.3) is 10.9 Å². The molecular formula is C24H24N4O. The fraction of sp³-hybridized carbons (Fsp3) is 0.250. The molecule has 1 aliphatic heterocycles. The van der Waals surface area contributed by atoms with Crippen LogP contribution in [0.2, 0.25) is 0 Å². The van der Waals surface area contributed by atoms with Crippen molar-refractivity contribution in [2.45, 2.75) is 25.2 Å². The number of benzene rings is 2. The number of nitrogens with one attached hydrogen (secondary N) is 2. The smallest absolute Gasteiger partial charge is 0.253 e. The van der Waals surface area contributed by atoms with Gasteiger partial charge in [0.2, 0.25) is 0 Å². The highest BCUT2D eigenvalue weighted by Gasteiger charge is 2.28. The number of nitrogens with zero attached hydrogens (tertiary/aromatic N) is 2. The number of amides is 1. The molecule has 29 heavy (non-hydrogen) atoms. The Labute approximate surface area is 169 Å². The van der Waals surface area contributed by atoms with Crippen LogP contribution in [0.1, 0.15) is 45.9 Å². The number of fused-ring (bicyclic) bond motifs is 1. The molecular weight excluding hydrogens is 360 g/mol. The van der Waals surface area contributed by atoms with Crippen molar-refractivity contribution >= 4 is 16.8 Å². The van der Waals surface area contributed by atoms with Gasteiger partial charge >= 0.3 is 0 Å². The Morgan fingerprint density at radius 2 is 2.03 bits per heavy atom. The van der Waals surface area contributed by atoms with Crippen molar-refractivity contribution in [2.24, 2.45) is 0 Å². The average molecular weight is 384 g/mol. The summed E-state index contributed by atoms with van der Waals surface area (Å²) in [7, 11) is 0. The second-order valence-corrected chi connectivity index (χ2v) is 7.84. The molecule has 3 heterocycles. The van der Waals surface area contributed by atoms with Crippen LogP contribution in [0.5, 0.6) is 0 Å². The Bertz CT molecular complexity index is 1130. The molecule has 0 saturated carbocycles. The monoisotopic (exact) mass is 384 g/mol. The minimum absolute atomic E-state index is 0.107. The van der Waals surface area contributed by atoms with Crippen LogP contribution in [0.3, 0.4) is 0 Å². The third-order valence-corrected chi connectivity index (χ3v) is 5.91. The van der Waals surface area contributed by atoms with Crippen LogP contribution in [-0.2, 0) is 6.42 Å². The van der Waals surface area contributed by atoms with E-state index >= 15 is 0 Å². The molecule has 2 aromatic carbocycles. The summed E-state index contributed by atoms with van der Waals surface area (Å²) in [5.74, 6) is 0.401. The lowest BCUT2D eigenvalue weighted by Gasteiger charge is -2.33. The van der Waals surface area contributed by atoms with Gasteiger partial charge in [0.15, 0.2) is 0 Å². The quantitative estimate of drug-likeness (QED) is 0.544. The van der Waals surface area contributed by atoms with E-state index in [1.165, 1.54) is 16.8 Å². The molecule has 5 nitrogen and oxygen atoms in total. The van der Waals surface area contributed by atoms with Crippen molar-refractivity contribution in [3.05, 3.63) is 89.4 Å². The number of hydrogen-bond donors (Lipinski definition) is 2. The molecule has 1 aliphatic rings. The lowest BCUT2D eigenvalue weighted by atomic mass is 9.90. The van der Waals surface area contributed by atoms with E-state index in [0.717, 1.165) is 48.8 Å². The number of aromatic nitrogens is 3. The van der Waals surface area contributed by atoms with Gasteiger partial charge in [0.05, 0.1) is 6.20 Å². The predicted octanol–water partition coefficient (Wildman–Crippen LogP) is 4.50. The first-order valence-electron chi connectivity index (χ1n) is 10.2. The summed E-state index contributed by atoms with van der Waals surface area (Å²) in [5, 5.41) is 8.67. The summed E-state index contributed by atoms with van der Waals surface area (Å²) in [6, 6.07) is 18.4. The Hall–Kier alpha value is -3.34. The van der Waals surface area contributed by atoms with Crippen molar-refractivity contribution in [3.8, 4) is 0 Å². The fourth-order valence-electron chi connectivity index (χ4n) is 4.39. The molecule has 2 N–H and O–H groups in total. The van der Waals surface area contributed by atoms with Gasteiger partial charge in [-0.05, 0) is 47.6 Å². The second-order valence-electron chi connectivity index (χ2n) is 7.84. The average Bonchev–Trinajstić information content (AvgIpc) is 3.43. The molecule has 2 aromatic heterocycles. The highest BCUT2D eigenvalue weighted by Crippen LogP contribution is 2.30. The Balaban J connectivity index is 1.34. The zero-order chi connectivity index (χ0) is 19.6. The van der Waals surface area contributed by atoms with Gasteiger partial charge in [-0.25, -0.2) is 0 Å². The molecule has 1 amide bonds. The van der Waals surface area contributed by atoms with Gasteiger partial charge < -0.3 is 9.88 Å². The summed E-state index contributed by atoms with van der Waals surface area (Å²) in [6.07, 6.45) is 6.78. The van der Waals surface area contributed by atoms with E-state index in [9.17, 15) is 4.79 Å². The Morgan fingerprint density at radius 1 is 1.14 bits per heavy atom. The van der Waals surface area contributed by atoms with E-state index in [1.54, 1.807) is 0 Å². The molecule has 1 fully saturated rings. The van der Waals surface area contributed by atoms with Crippen molar-refractivity contribution in [1.29, 1.82) is 0 Å². The molecule has 0 bridgehead atoms. The van der Waals surface area contributed by atoms with Gasteiger partial charge in [-0.2, -0.15) is 5.10 Å². The summed E-state index contributed by atoms with van der Waals surface area (Å²) in [5.41, 5.74) is 5.42.